The van der Waals surface area contributed by atoms with Crippen LogP contribution in [0.3, 0.4) is 0 Å². The van der Waals surface area contributed by atoms with E-state index in [4.69, 9.17) is 9.47 Å². The van der Waals surface area contributed by atoms with Crippen LogP contribution in [0.1, 0.15) is 18.5 Å². The number of aromatic nitrogens is 2. The van der Waals surface area contributed by atoms with Gasteiger partial charge in [-0.15, -0.1) is 0 Å². The minimum atomic E-state index is 0.0396. The standard InChI is InChI=1S/C26H23N3O2/c1-19(29(21-6-4-12-27-17-21)22-7-5-13-28-18-22)23-8-2-3-9-24(23)20-10-11-25-26(16-20)31-15-14-30-25/h2-13,16-19H,14-15H2,1H3. The van der Waals surface area contributed by atoms with Gasteiger partial charge in [0, 0.05) is 12.4 Å². The molecule has 0 amide bonds. The fraction of sp³-hybridized carbons (Fsp3) is 0.154. The van der Waals surface area contributed by atoms with Crippen molar-refractivity contribution in [1.82, 2.24) is 9.97 Å². The molecule has 1 atom stereocenters. The summed E-state index contributed by atoms with van der Waals surface area (Å²) in [4.78, 5) is 10.9. The van der Waals surface area contributed by atoms with Gasteiger partial charge in [-0.3, -0.25) is 9.97 Å². The predicted molar refractivity (Wildman–Crippen MR) is 122 cm³/mol. The number of nitrogens with zero attached hydrogens (tertiary/aromatic N) is 3. The van der Waals surface area contributed by atoms with Crippen LogP contribution in [0.5, 0.6) is 11.5 Å². The van der Waals surface area contributed by atoms with Gasteiger partial charge in [0.05, 0.1) is 29.8 Å². The fourth-order valence-corrected chi connectivity index (χ4v) is 4.06. The van der Waals surface area contributed by atoms with Crippen molar-refractivity contribution in [2.24, 2.45) is 0 Å². The highest BCUT2D eigenvalue weighted by Gasteiger charge is 2.22. The molecule has 5 nitrogen and oxygen atoms in total. The molecule has 5 rings (SSSR count). The lowest BCUT2D eigenvalue weighted by molar-refractivity contribution is 0.171. The molecule has 0 saturated heterocycles. The van der Waals surface area contributed by atoms with E-state index in [-0.39, 0.29) is 6.04 Å². The Labute approximate surface area is 181 Å². The molecule has 5 heteroatoms. The van der Waals surface area contributed by atoms with Gasteiger partial charge >= 0.3 is 0 Å². The number of hydrogen-bond acceptors (Lipinski definition) is 5. The molecule has 154 valence electrons. The van der Waals surface area contributed by atoms with E-state index in [9.17, 15) is 0 Å². The first-order chi connectivity index (χ1) is 15.3. The highest BCUT2D eigenvalue weighted by atomic mass is 16.6. The Kier molecular flexibility index (Phi) is 5.23. The molecule has 0 N–H and O–H groups in total. The molecule has 4 aromatic rings. The van der Waals surface area contributed by atoms with Crippen LogP contribution in [0.15, 0.2) is 91.5 Å². The van der Waals surface area contributed by atoms with E-state index < -0.39 is 0 Å². The third-order valence-electron chi connectivity index (χ3n) is 5.50. The van der Waals surface area contributed by atoms with Crippen LogP contribution in [0.25, 0.3) is 11.1 Å². The molecule has 0 radical (unpaired) electrons. The normalized spacial score (nSPS) is 13.5. The number of rotatable bonds is 5. The van der Waals surface area contributed by atoms with E-state index in [1.165, 1.54) is 5.56 Å². The third kappa shape index (κ3) is 3.82. The summed E-state index contributed by atoms with van der Waals surface area (Å²) in [6.45, 7) is 3.37. The van der Waals surface area contributed by atoms with Crippen molar-refractivity contribution in [2.75, 3.05) is 18.1 Å². The van der Waals surface area contributed by atoms with Crippen molar-refractivity contribution in [3.63, 3.8) is 0 Å². The number of anilines is 2. The zero-order chi connectivity index (χ0) is 21.0. The van der Waals surface area contributed by atoms with Gasteiger partial charge in [0.1, 0.15) is 13.2 Å². The Morgan fingerprint density at radius 2 is 1.45 bits per heavy atom. The third-order valence-corrected chi connectivity index (χ3v) is 5.50. The first kappa shape index (κ1) is 19.1. The summed E-state index contributed by atoms with van der Waals surface area (Å²) in [5.74, 6) is 1.59. The van der Waals surface area contributed by atoms with Crippen molar-refractivity contribution in [3.05, 3.63) is 97.1 Å². The second-order valence-electron chi connectivity index (χ2n) is 7.41. The van der Waals surface area contributed by atoms with Crippen LogP contribution in [0, 0.1) is 0 Å². The van der Waals surface area contributed by atoms with Gasteiger partial charge in [0.15, 0.2) is 11.5 Å². The maximum absolute atomic E-state index is 5.82. The molecule has 2 aromatic carbocycles. The molecule has 0 aliphatic carbocycles. The topological polar surface area (TPSA) is 47.5 Å². The molecule has 0 saturated carbocycles. The molecular formula is C26H23N3O2. The number of pyridine rings is 2. The molecule has 2 aromatic heterocycles. The van der Waals surface area contributed by atoms with Gasteiger partial charge in [-0.2, -0.15) is 0 Å². The maximum Gasteiger partial charge on any atom is 0.161 e. The van der Waals surface area contributed by atoms with E-state index >= 15 is 0 Å². The van der Waals surface area contributed by atoms with E-state index in [0.29, 0.717) is 13.2 Å². The Hall–Kier alpha value is -3.86. The molecular weight excluding hydrogens is 386 g/mol. The second kappa shape index (κ2) is 8.48. The molecule has 1 aliphatic rings. The van der Waals surface area contributed by atoms with Crippen LogP contribution in [-0.4, -0.2) is 23.2 Å². The zero-order valence-corrected chi connectivity index (χ0v) is 17.3. The molecule has 3 heterocycles. The quantitative estimate of drug-likeness (QED) is 0.416. The summed E-state index contributed by atoms with van der Waals surface area (Å²) >= 11 is 0. The van der Waals surface area contributed by atoms with Crippen molar-refractivity contribution in [3.8, 4) is 22.6 Å². The van der Waals surface area contributed by atoms with Gasteiger partial charge in [-0.25, -0.2) is 0 Å². The molecule has 0 bridgehead atoms. The summed E-state index contributed by atoms with van der Waals surface area (Å²) in [6, 6.07) is 22.7. The largest absolute Gasteiger partial charge is 0.486 e. The monoisotopic (exact) mass is 409 g/mol. The fourth-order valence-electron chi connectivity index (χ4n) is 4.06. The number of hydrogen-bond donors (Lipinski definition) is 0. The smallest absolute Gasteiger partial charge is 0.161 e. The number of ether oxygens (including phenoxy) is 2. The average Bonchev–Trinajstić information content (AvgIpc) is 2.85. The lowest BCUT2D eigenvalue weighted by atomic mass is 9.94. The lowest BCUT2D eigenvalue weighted by Gasteiger charge is -2.32. The molecule has 1 unspecified atom stereocenters. The maximum atomic E-state index is 5.82. The van der Waals surface area contributed by atoms with Gasteiger partial charge in [0.2, 0.25) is 0 Å². The van der Waals surface area contributed by atoms with E-state index in [1.54, 1.807) is 12.4 Å². The average molecular weight is 409 g/mol. The van der Waals surface area contributed by atoms with Crippen LogP contribution < -0.4 is 14.4 Å². The summed E-state index contributed by atoms with van der Waals surface area (Å²) in [7, 11) is 0. The Bertz CT molecular complexity index is 1130. The zero-order valence-electron chi connectivity index (χ0n) is 17.3. The van der Waals surface area contributed by atoms with Gasteiger partial charge in [-0.05, 0) is 60.0 Å². The number of benzene rings is 2. The van der Waals surface area contributed by atoms with Crippen LogP contribution in [0.4, 0.5) is 11.4 Å². The van der Waals surface area contributed by atoms with Crippen LogP contribution in [0.2, 0.25) is 0 Å². The summed E-state index contributed by atoms with van der Waals surface area (Å²) in [6.07, 6.45) is 7.35. The summed E-state index contributed by atoms with van der Waals surface area (Å²) in [5, 5.41) is 0. The summed E-state index contributed by atoms with van der Waals surface area (Å²) < 4.78 is 11.5. The minimum Gasteiger partial charge on any atom is -0.486 e. The molecule has 1 aliphatic heterocycles. The molecule has 0 fully saturated rings. The van der Waals surface area contributed by atoms with Crippen molar-refractivity contribution < 1.29 is 9.47 Å². The SMILES string of the molecule is CC(c1ccccc1-c1ccc2c(c1)OCCO2)N(c1cccnc1)c1cccnc1. The van der Waals surface area contributed by atoms with Gasteiger partial charge in [0.25, 0.3) is 0 Å². The Balaban J connectivity index is 1.60. The van der Waals surface area contributed by atoms with Gasteiger partial charge < -0.3 is 14.4 Å². The van der Waals surface area contributed by atoms with Crippen LogP contribution in [-0.2, 0) is 0 Å². The summed E-state index contributed by atoms with van der Waals surface area (Å²) in [5.41, 5.74) is 5.49. The van der Waals surface area contributed by atoms with Crippen molar-refractivity contribution in [2.45, 2.75) is 13.0 Å². The first-order valence-corrected chi connectivity index (χ1v) is 10.4. The van der Waals surface area contributed by atoms with Crippen molar-refractivity contribution >= 4 is 11.4 Å². The highest BCUT2D eigenvalue weighted by molar-refractivity contribution is 5.73. The number of fused-ring (bicyclic) bond motifs is 1. The molecule has 0 spiro atoms. The predicted octanol–water partition coefficient (Wildman–Crippen LogP) is 5.81. The highest BCUT2D eigenvalue weighted by Crippen LogP contribution is 2.40. The lowest BCUT2D eigenvalue weighted by Crippen LogP contribution is -2.22. The van der Waals surface area contributed by atoms with E-state index in [1.807, 2.05) is 30.6 Å². The molecule has 31 heavy (non-hydrogen) atoms. The van der Waals surface area contributed by atoms with Crippen molar-refractivity contribution in [1.29, 1.82) is 0 Å². The second-order valence-corrected chi connectivity index (χ2v) is 7.41. The van der Waals surface area contributed by atoms with E-state index in [2.05, 4.69) is 70.3 Å². The Morgan fingerprint density at radius 3 is 2.13 bits per heavy atom. The minimum absolute atomic E-state index is 0.0396. The van der Waals surface area contributed by atoms with Crippen LogP contribution >= 0.6 is 0 Å². The Morgan fingerprint density at radius 1 is 0.774 bits per heavy atom. The van der Waals surface area contributed by atoms with Gasteiger partial charge in [-0.1, -0.05) is 30.3 Å². The van der Waals surface area contributed by atoms with E-state index in [0.717, 1.165) is 34.0 Å². The first-order valence-electron chi connectivity index (χ1n) is 10.4.